The van der Waals surface area contributed by atoms with Crippen molar-refractivity contribution in [1.29, 1.82) is 0 Å². The van der Waals surface area contributed by atoms with Crippen molar-refractivity contribution < 1.29 is 14.6 Å². The molecule has 1 aromatic heterocycles. The summed E-state index contributed by atoms with van der Waals surface area (Å²) in [5, 5.41) is 8.85. The smallest absolute Gasteiger partial charge is 0.320 e. The highest BCUT2D eigenvalue weighted by Gasteiger charge is 2.13. The number of aliphatic carboxylic acids is 1. The first kappa shape index (κ1) is 14.0. The molecule has 0 saturated heterocycles. The Morgan fingerprint density at radius 1 is 1.40 bits per heavy atom. The molecule has 0 bridgehead atoms. The predicted octanol–water partition coefficient (Wildman–Crippen LogP) is 1.71. The van der Waals surface area contributed by atoms with Gasteiger partial charge >= 0.3 is 5.97 Å². The molecule has 0 unspecified atom stereocenters. The molecular weight excluding hydrogens is 256 g/mol. The summed E-state index contributed by atoms with van der Waals surface area (Å²) < 4.78 is 5.31. The second kappa shape index (κ2) is 6.16. The Hall–Kier alpha value is -2.40. The highest BCUT2D eigenvalue weighted by Crippen LogP contribution is 2.29. The van der Waals surface area contributed by atoms with Crippen molar-refractivity contribution in [3.8, 4) is 16.9 Å². The maximum absolute atomic E-state index is 10.8. The Morgan fingerprint density at radius 3 is 2.85 bits per heavy atom. The SMILES string of the molecule is COc1ccccc1-c1cncc(C[C@H](N)C(=O)O)c1. The van der Waals surface area contributed by atoms with Crippen LogP contribution in [0.4, 0.5) is 0 Å². The van der Waals surface area contributed by atoms with Crippen molar-refractivity contribution in [3.05, 3.63) is 48.3 Å². The monoisotopic (exact) mass is 272 g/mol. The van der Waals surface area contributed by atoms with Crippen molar-refractivity contribution in [2.24, 2.45) is 5.73 Å². The second-order valence-electron chi connectivity index (χ2n) is 4.43. The Labute approximate surface area is 117 Å². The first-order chi connectivity index (χ1) is 9.61. The summed E-state index contributed by atoms with van der Waals surface area (Å²) in [7, 11) is 1.61. The van der Waals surface area contributed by atoms with Gasteiger partial charge in [0.1, 0.15) is 11.8 Å². The maximum atomic E-state index is 10.8. The third kappa shape index (κ3) is 3.13. The molecule has 104 valence electrons. The quantitative estimate of drug-likeness (QED) is 0.865. The molecule has 2 aromatic rings. The number of ether oxygens (including phenoxy) is 1. The van der Waals surface area contributed by atoms with Crippen molar-refractivity contribution in [1.82, 2.24) is 4.98 Å². The van der Waals surface area contributed by atoms with E-state index in [1.165, 1.54) is 0 Å². The van der Waals surface area contributed by atoms with Gasteiger partial charge < -0.3 is 15.6 Å². The Bertz CT molecular complexity index is 614. The molecule has 0 aliphatic carbocycles. The van der Waals surface area contributed by atoms with Crippen LogP contribution in [0, 0.1) is 0 Å². The van der Waals surface area contributed by atoms with E-state index >= 15 is 0 Å². The van der Waals surface area contributed by atoms with Crippen molar-refractivity contribution in [3.63, 3.8) is 0 Å². The van der Waals surface area contributed by atoms with E-state index in [1.807, 2.05) is 30.3 Å². The third-order valence-corrected chi connectivity index (χ3v) is 2.99. The number of hydrogen-bond donors (Lipinski definition) is 2. The molecule has 5 heteroatoms. The number of nitrogens with two attached hydrogens (primary N) is 1. The number of pyridine rings is 1. The number of methoxy groups -OCH3 is 1. The molecule has 20 heavy (non-hydrogen) atoms. The lowest BCUT2D eigenvalue weighted by atomic mass is 10.0. The van der Waals surface area contributed by atoms with Crippen LogP contribution in [0.3, 0.4) is 0 Å². The molecule has 0 spiro atoms. The van der Waals surface area contributed by atoms with Crippen LogP contribution in [0.5, 0.6) is 5.75 Å². The molecule has 0 radical (unpaired) electrons. The van der Waals surface area contributed by atoms with Crippen molar-refractivity contribution in [2.75, 3.05) is 7.11 Å². The van der Waals surface area contributed by atoms with Gasteiger partial charge in [-0.3, -0.25) is 9.78 Å². The zero-order valence-corrected chi connectivity index (χ0v) is 11.1. The summed E-state index contributed by atoms with van der Waals surface area (Å²) in [5.41, 5.74) is 8.11. The van der Waals surface area contributed by atoms with E-state index < -0.39 is 12.0 Å². The van der Waals surface area contributed by atoms with Gasteiger partial charge in [-0.25, -0.2) is 0 Å². The summed E-state index contributed by atoms with van der Waals surface area (Å²) in [6, 6.07) is 8.55. The maximum Gasteiger partial charge on any atom is 0.320 e. The van der Waals surface area contributed by atoms with Gasteiger partial charge in [0.15, 0.2) is 0 Å². The van der Waals surface area contributed by atoms with E-state index in [0.717, 1.165) is 22.4 Å². The molecule has 3 N–H and O–H groups in total. The van der Waals surface area contributed by atoms with Crippen LogP contribution in [0.15, 0.2) is 42.7 Å². The molecular formula is C15H16N2O3. The highest BCUT2D eigenvalue weighted by atomic mass is 16.5. The van der Waals surface area contributed by atoms with Crippen LogP contribution in [0.25, 0.3) is 11.1 Å². The third-order valence-electron chi connectivity index (χ3n) is 2.99. The fourth-order valence-electron chi connectivity index (χ4n) is 1.97. The Kier molecular flexibility index (Phi) is 4.32. The largest absolute Gasteiger partial charge is 0.496 e. The average molecular weight is 272 g/mol. The van der Waals surface area contributed by atoms with Gasteiger partial charge in [0.2, 0.25) is 0 Å². The number of para-hydroxylation sites is 1. The highest BCUT2D eigenvalue weighted by molar-refractivity contribution is 5.74. The number of rotatable bonds is 5. The van der Waals surface area contributed by atoms with E-state index in [4.69, 9.17) is 15.6 Å². The summed E-state index contributed by atoms with van der Waals surface area (Å²) in [6.07, 6.45) is 3.58. The normalized spacial score (nSPS) is 11.9. The predicted molar refractivity (Wildman–Crippen MR) is 75.5 cm³/mol. The van der Waals surface area contributed by atoms with Gasteiger partial charge in [-0.05, 0) is 24.1 Å². The standard InChI is InChI=1S/C15H16N2O3/c1-20-14-5-3-2-4-12(14)11-6-10(8-17-9-11)7-13(16)15(18)19/h2-6,8-9,13H,7,16H2,1H3,(H,18,19)/t13-/m0/s1. The minimum absolute atomic E-state index is 0.241. The van der Waals surface area contributed by atoms with Crippen LogP contribution in [0.1, 0.15) is 5.56 Å². The molecule has 0 fully saturated rings. The number of carboxylic acid groups (broad SMARTS) is 1. The fourth-order valence-corrected chi connectivity index (χ4v) is 1.97. The zero-order valence-electron chi connectivity index (χ0n) is 11.1. The number of carbonyl (C=O) groups is 1. The molecule has 1 aromatic carbocycles. The second-order valence-corrected chi connectivity index (χ2v) is 4.43. The van der Waals surface area contributed by atoms with E-state index in [0.29, 0.717) is 0 Å². The minimum Gasteiger partial charge on any atom is -0.496 e. The first-order valence-corrected chi connectivity index (χ1v) is 6.17. The van der Waals surface area contributed by atoms with E-state index in [1.54, 1.807) is 19.5 Å². The number of aromatic nitrogens is 1. The van der Waals surface area contributed by atoms with E-state index in [9.17, 15) is 4.79 Å². The van der Waals surface area contributed by atoms with Gasteiger partial charge in [-0.1, -0.05) is 18.2 Å². The van der Waals surface area contributed by atoms with Crippen LogP contribution in [-0.4, -0.2) is 29.2 Å². The molecule has 0 aliphatic heterocycles. The fraction of sp³-hybridized carbons (Fsp3) is 0.200. The summed E-state index contributed by atoms with van der Waals surface area (Å²) in [6.45, 7) is 0. The van der Waals surface area contributed by atoms with Crippen molar-refractivity contribution in [2.45, 2.75) is 12.5 Å². The van der Waals surface area contributed by atoms with Crippen LogP contribution < -0.4 is 10.5 Å². The lowest BCUT2D eigenvalue weighted by molar-refractivity contribution is -0.138. The van der Waals surface area contributed by atoms with Gasteiger partial charge in [-0.15, -0.1) is 0 Å². The van der Waals surface area contributed by atoms with Gasteiger partial charge in [-0.2, -0.15) is 0 Å². The Morgan fingerprint density at radius 2 is 2.15 bits per heavy atom. The number of nitrogens with zero attached hydrogens (tertiary/aromatic N) is 1. The number of carboxylic acids is 1. The van der Waals surface area contributed by atoms with Gasteiger partial charge in [0.25, 0.3) is 0 Å². The van der Waals surface area contributed by atoms with Crippen LogP contribution >= 0.6 is 0 Å². The molecule has 5 nitrogen and oxygen atoms in total. The molecule has 0 saturated carbocycles. The summed E-state index contributed by atoms with van der Waals surface area (Å²) in [4.78, 5) is 14.9. The summed E-state index contributed by atoms with van der Waals surface area (Å²) >= 11 is 0. The molecule has 1 heterocycles. The topological polar surface area (TPSA) is 85.4 Å². The zero-order chi connectivity index (χ0) is 14.5. The summed E-state index contributed by atoms with van der Waals surface area (Å²) in [5.74, 6) is -0.276. The minimum atomic E-state index is -1.02. The first-order valence-electron chi connectivity index (χ1n) is 6.17. The lowest BCUT2D eigenvalue weighted by Crippen LogP contribution is -2.32. The van der Waals surface area contributed by atoms with Gasteiger partial charge in [0, 0.05) is 23.5 Å². The Balaban J connectivity index is 2.32. The van der Waals surface area contributed by atoms with Crippen LogP contribution in [0.2, 0.25) is 0 Å². The average Bonchev–Trinajstić information content (AvgIpc) is 2.47. The number of hydrogen-bond acceptors (Lipinski definition) is 4. The molecule has 0 amide bonds. The van der Waals surface area contributed by atoms with E-state index in [2.05, 4.69) is 4.98 Å². The van der Waals surface area contributed by atoms with E-state index in [-0.39, 0.29) is 6.42 Å². The number of benzene rings is 1. The molecule has 2 rings (SSSR count). The van der Waals surface area contributed by atoms with Gasteiger partial charge in [0.05, 0.1) is 7.11 Å². The lowest BCUT2D eigenvalue weighted by Gasteiger charge is -2.10. The molecule has 1 atom stereocenters. The molecule has 0 aliphatic rings. The van der Waals surface area contributed by atoms with Crippen molar-refractivity contribution >= 4 is 5.97 Å². The van der Waals surface area contributed by atoms with Crippen LogP contribution in [-0.2, 0) is 11.2 Å².